The molecule has 0 atom stereocenters. The number of nitrogens with zero attached hydrogens (tertiary/aromatic N) is 1. The molecule has 10 heteroatoms. The number of hydrogen-bond donors (Lipinski definition) is 2. The average Bonchev–Trinajstić information content (AvgIpc) is 3.13. The highest BCUT2D eigenvalue weighted by Crippen LogP contribution is 2.44. The molecule has 0 fully saturated rings. The standard InChI is InChI=1S/C25H29N3O7/c1-25(2,3)35-24(32)27-28(14-22(30)33-4)21(29)13-26-23(31)34-15-20-18-11-7-5-9-16(18)17-10-6-8-12-19(17)20/h5-12,20H,13-15H2,1-4H3,(H,26,31)(H,27,32). The van der Waals surface area contributed by atoms with E-state index in [1.165, 1.54) is 0 Å². The van der Waals surface area contributed by atoms with Gasteiger partial charge in [-0.15, -0.1) is 0 Å². The fraction of sp³-hybridized carbons (Fsp3) is 0.360. The molecule has 0 spiro atoms. The summed E-state index contributed by atoms with van der Waals surface area (Å²) in [5.41, 5.74) is 5.68. The minimum absolute atomic E-state index is 0.0794. The van der Waals surface area contributed by atoms with Crippen molar-refractivity contribution in [3.63, 3.8) is 0 Å². The molecule has 2 aromatic rings. The van der Waals surface area contributed by atoms with E-state index in [0.717, 1.165) is 29.4 Å². The molecule has 2 aromatic carbocycles. The zero-order valence-corrected chi connectivity index (χ0v) is 20.1. The van der Waals surface area contributed by atoms with E-state index in [1.807, 2.05) is 48.5 Å². The van der Waals surface area contributed by atoms with Gasteiger partial charge in [0.05, 0.1) is 7.11 Å². The van der Waals surface area contributed by atoms with Crippen molar-refractivity contribution in [2.45, 2.75) is 32.3 Å². The number of amides is 3. The lowest BCUT2D eigenvalue weighted by atomic mass is 9.98. The Morgan fingerprint density at radius 2 is 1.49 bits per heavy atom. The summed E-state index contributed by atoms with van der Waals surface area (Å²) in [7, 11) is 1.15. The molecule has 35 heavy (non-hydrogen) atoms. The lowest BCUT2D eigenvalue weighted by Gasteiger charge is -2.25. The van der Waals surface area contributed by atoms with Gasteiger partial charge >= 0.3 is 18.2 Å². The van der Waals surface area contributed by atoms with Gasteiger partial charge in [-0.3, -0.25) is 9.59 Å². The van der Waals surface area contributed by atoms with Crippen LogP contribution in [0.4, 0.5) is 9.59 Å². The molecule has 10 nitrogen and oxygen atoms in total. The molecule has 0 saturated heterocycles. The molecular weight excluding hydrogens is 454 g/mol. The van der Waals surface area contributed by atoms with Crippen molar-refractivity contribution >= 4 is 24.1 Å². The average molecular weight is 484 g/mol. The predicted octanol–water partition coefficient (Wildman–Crippen LogP) is 2.97. The molecule has 1 aliphatic carbocycles. The zero-order chi connectivity index (χ0) is 25.6. The molecule has 1 aliphatic rings. The minimum Gasteiger partial charge on any atom is -0.468 e. The fourth-order valence-electron chi connectivity index (χ4n) is 3.69. The van der Waals surface area contributed by atoms with E-state index < -0.39 is 42.8 Å². The lowest BCUT2D eigenvalue weighted by molar-refractivity contribution is -0.148. The van der Waals surface area contributed by atoms with Gasteiger partial charge in [-0.2, -0.15) is 0 Å². The van der Waals surface area contributed by atoms with Crippen LogP contribution >= 0.6 is 0 Å². The van der Waals surface area contributed by atoms with Crippen LogP contribution in [-0.2, 0) is 23.8 Å². The number of alkyl carbamates (subject to hydrolysis) is 1. The quantitative estimate of drug-likeness (QED) is 0.368. The van der Waals surface area contributed by atoms with E-state index in [2.05, 4.69) is 15.5 Å². The van der Waals surface area contributed by atoms with E-state index in [1.54, 1.807) is 20.8 Å². The van der Waals surface area contributed by atoms with Gasteiger partial charge in [0, 0.05) is 5.92 Å². The first kappa shape index (κ1) is 25.5. The molecule has 0 unspecified atom stereocenters. The molecule has 0 bridgehead atoms. The summed E-state index contributed by atoms with van der Waals surface area (Å²) < 4.78 is 15.1. The van der Waals surface area contributed by atoms with Gasteiger partial charge in [0.25, 0.3) is 5.91 Å². The molecule has 3 rings (SSSR count). The highest BCUT2D eigenvalue weighted by molar-refractivity contribution is 5.87. The van der Waals surface area contributed by atoms with Crippen molar-refractivity contribution in [1.29, 1.82) is 0 Å². The Hall–Kier alpha value is -4.08. The van der Waals surface area contributed by atoms with E-state index >= 15 is 0 Å². The summed E-state index contributed by atoms with van der Waals surface area (Å²) in [6.07, 6.45) is -1.74. The van der Waals surface area contributed by atoms with E-state index in [9.17, 15) is 19.2 Å². The van der Waals surface area contributed by atoms with Crippen LogP contribution < -0.4 is 10.7 Å². The summed E-state index contributed by atoms with van der Waals surface area (Å²) >= 11 is 0. The SMILES string of the molecule is COC(=O)CN(NC(=O)OC(C)(C)C)C(=O)CNC(=O)OCC1c2ccccc2-c2ccccc21. The second-order valence-electron chi connectivity index (χ2n) is 8.85. The molecule has 0 heterocycles. The highest BCUT2D eigenvalue weighted by Gasteiger charge is 2.29. The molecule has 2 N–H and O–H groups in total. The molecule has 186 valence electrons. The van der Waals surface area contributed by atoms with Crippen LogP contribution in [0.2, 0.25) is 0 Å². The van der Waals surface area contributed by atoms with Crippen LogP contribution in [0.1, 0.15) is 37.8 Å². The zero-order valence-electron chi connectivity index (χ0n) is 20.1. The van der Waals surface area contributed by atoms with Gasteiger partial charge in [-0.25, -0.2) is 20.0 Å². The van der Waals surface area contributed by atoms with Gasteiger partial charge in [-0.1, -0.05) is 48.5 Å². The number of nitrogens with one attached hydrogen (secondary N) is 2. The second-order valence-corrected chi connectivity index (χ2v) is 8.85. The van der Waals surface area contributed by atoms with E-state index in [4.69, 9.17) is 9.47 Å². The number of rotatable bonds is 6. The molecular formula is C25H29N3O7. The Balaban J connectivity index is 1.57. The number of ether oxygens (including phenoxy) is 3. The molecule has 0 aromatic heterocycles. The van der Waals surface area contributed by atoms with E-state index in [0.29, 0.717) is 5.01 Å². The Bertz CT molecular complexity index is 1060. The van der Waals surface area contributed by atoms with Crippen molar-refractivity contribution in [1.82, 2.24) is 15.8 Å². The third kappa shape index (κ3) is 6.72. The summed E-state index contributed by atoms with van der Waals surface area (Å²) in [6.45, 7) is 3.94. The van der Waals surface area contributed by atoms with Crippen LogP contribution in [0, 0.1) is 0 Å². The van der Waals surface area contributed by atoms with Crippen LogP contribution in [0.3, 0.4) is 0 Å². The van der Waals surface area contributed by atoms with Gasteiger partial charge in [0.2, 0.25) is 0 Å². The number of carbonyl (C=O) groups excluding carboxylic acids is 4. The number of hydrazine groups is 1. The third-order valence-electron chi connectivity index (χ3n) is 5.17. The van der Waals surface area contributed by atoms with Crippen molar-refractivity contribution < 1.29 is 33.4 Å². The maximum absolute atomic E-state index is 12.6. The summed E-state index contributed by atoms with van der Waals surface area (Å²) in [4.78, 5) is 48.6. The Morgan fingerprint density at radius 1 is 0.914 bits per heavy atom. The normalized spacial score (nSPS) is 12.1. The molecule has 0 aliphatic heterocycles. The van der Waals surface area contributed by atoms with Crippen molar-refractivity contribution in [3.8, 4) is 11.1 Å². The molecule has 3 amide bonds. The van der Waals surface area contributed by atoms with Crippen molar-refractivity contribution in [2.24, 2.45) is 0 Å². The van der Waals surface area contributed by atoms with Crippen LogP contribution in [0.5, 0.6) is 0 Å². The van der Waals surface area contributed by atoms with Gasteiger partial charge in [0.15, 0.2) is 0 Å². The minimum atomic E-state index is -0.934. The highest BCUT2D eigenvalue weighted by atomic mass is 16.6. The number of fused-ring (bicyclic) bond motifs is 3. The maximum atomic E-state index is 12.6. The Kier molecular flexibility index (Phi) is 7.95. The summed E-state index contributed by atoms with van der Waals surface area (Å²) in [5, 5.41) is 3.06. The van der Waals surface area contributed by atoms with Crippen LogP contribution in [0.25, 0.3) is 11.1 Å². The number of benzene rings is 2. The summed E-state index contributed by atoms with van der Waals surface area (Å²) in [6, 6.07) is 15.8. The predicted molar refractivity (Wildman–Crippen MR) is 126 cm³/mol. The summed E-state index contributed by atoms with van der Waals surface area (Å²) in [5.74, 6) is -1.67. The number of hydrogen-bond acceptors (Lipinski definition) is 7. The monoisotopic (exact) mass is 483 g/mol. The Morgan fingerprint density at radius 3 is 2.03 bits per heavy atom. The molecule has 0 radical (unpaired) electrons. The van der Waals surface area contributed by atoms with Crippen molar-refractivity contribution in [2.75, 3.05) is 26.8 Å². The Labute approximate surface area is 203 Å². The first-order valence-corrected chi connectivity index (χ1v) is 11.0. The van der Waals surface area contributed by atoms with Crippen LogP contribution in [0.15, 0.2) is 48.5 Å². The van der Waals surface area contributed by atoms with Gasteiger partial charge in [0.1, 0.15) is 25.3 Å². The van der Waals surface area contributed by atoms with Gasteiger partial charge < -0.3 is 19.5 Å². The second kappa shape index (κ2) is 10.9. The number of esters is 1. The van der Waals surface area contributed by atoms with Crippen molar-refractivity contribution in [3.05, 3.63) is 59.7 Å². The number of carbonyl (C=O) groups is 4. The first-order chi connectivity index (χ1) is 16.6. The van der Waals surface area contributed by atoms with Crippen LogP contribution in [-0.4, -0.2) is 61.5 Å². The van der Waals surface area contributed by atoms with Gasteiger partial charge in [-0.05, 0) is 43.0 Å². The number of methoxy groups -OCH3 is 1. The first-order valence-electron chi connectivity index (χ1n) is 11.0. The smallest absolute Gasteiger partial charge is 0.426 e. The topological polar surface area (TPSA) is 123 Å². The third-order valence-corrected chi connectivity index (χ3v) is 5.17. The fourth-order valence-corrected chi connectivity index (χ4v) is 3.69. The van der Waals surface area contributed by atoms with E-state index in [-0.39, 0.29) is 12.5 Å². The lowest BCUT2D eigenvalue weighted by Crippen LogP contribution is -2.53. The molecule has 0 saturated carbocycles. The largest absolute Gasteiger partial charge is 0.468 e. The maximum Gasteiger partial charge on any atom is 0.426 e.